The van der Waals surface area contributed by atoms with E-state index in [2.05, 4.69) is 10.0 Å². The van der Waals surface area contributed by atoms with Gasteiger partial charge in [-0.3, -0.25) is 9.59 Å². The number of sulfonamides is 1. The maximum atomic E-state index is 13.2. The van der Waals surface area contributed by atoms with Gasteiger partial charge in [0.15, 0.2) is 0 Å². The lowest BCUT2D eigenvalue weighted by atomic mass is 10.0. The van der Waals surface area contributed by atoms with Gasteiger partial charge in [0, 0.05) is 42.5 Å². The maximum Gasteiger partial charge on any atom is 0.242 e. The molecule has 10 heteroatoms. The molecule has 184 valence electrons. The van der Waals surface area contributed by atoms with Crippen molar-refractivity contribution in [1.82, 2.24) is 4.72 Å². The molecule has 0 radical (unpaired) electrons. The number of nitrogens with zero attached hydrogens (tertiary/aromatic N) is 1. The Hall–Kier alpha value is -3.11. The van der Waals surface area contributed by atoms with Crippen LogP contribution in [0.15, 0.2) is 41.3 Å². The molecule has 0 aromatic heterocycles. The minimum atomic E-state index is -4.00. The predicted molar refractivity (Wildman–Crippen MR) is 130 cm³/mol. The van der Waals surface area contributed by atoms with E-state index in [-0.39, 0.29) is 16.7 Å². The minimum Gasteiger partial charge on any atom is -0.497 e. The molecule has 2 aromatic rings. The van der Waals surface area contributed by atoms with Crippen LogP contribution < -0.4 is 24.4 Å². The third-order valence-electron chi connectivity index (χ3n) is 5.71. The fraction of sp³-hybridized carbons (Fsp3) is 0.417. The molecule has 1 heterocycles. The third kappa shape index (κ3) is 5.51. The number of amides is 2. The number of anilines is 2. The molecule has 2 aromatic carbocycles. The highest BCUT2D eigenvalue weighted by Gasteiger charge is 2.30. The zero-order valence-electron chi connectivity index (χ0n) is 20.0. The third-order valence-corrected chi connectivity index (χ3v) is 7.15. The van der Waals surface area contributed by atoms with Gasteiger partial charge in [-0.1, -0.05) is 20.8 Å². The highest BCUT2D eigenvalue weighted by Crippen LogP contribution is 2.31. The molecule has 1 unspecified atom stereocenters. The van der Waals surface area contributed by atoms with Crippen LogP contribution in [-0.4, -0.2) is 47.0 Å². The molecular weight excluding hydrogens is 458 g/mol. The van der Waals surface area contributed by atoms with Crippen LogP contribution in [0.25, 0.3) is 0 Å². The number of hydrogen-bond donors (Lipinski definition) is 2. The molecule has 2 N–H and O–H groups in total. The number of fused-ring (bicyclic) bond motifs is 1. The summed E-state index contributed by atoms with van der Waals surface area (Å²) in [4.78, 5) is 26.9. The predicted octanol–water partition coefficient (Wildman–Crippen LogP) is 2.94. The first kappa shape index (κ1) is 25.5. The normalized spacial score (nSPS) is 14.0. The van der Waals surface area contributed by atoms with E-state index in [0.29, 0.717) is 36.6 Å². The lowest BCUT2D eigenvalue weighted by molar-refractivity contribution is -0.119. The molecule has 0 bridgehead atoms. The number of ether oxygens (including phenoxy) is 2. The summed E-state index contributed by atoms with van der Waals surface area (Å²) in [5, 5.41) is 2.74. The van der Waals surface area contributed by atoms with Gasteiger partial charge in [-0.05, 0) is 36.1 Å². The number of hydrogen-bond acceptors (Lipinski definition) is 6. The standard InChI is InChI=1S/C24H31N3O6S/c1-6-22(28)27-10-9-16-11-20(7-8-21(16)27)34(30,31)26-23(15(2)3)24(29)25-17-12-18(32-4)14-19(13-17)33-5/h7-8,11-15,23,26H,6,9-10H2,1-5H3,(H,25,29). The summed E-state index contributed by atoms with van der Waals surface area (Å²) in [6.45, 7) is 5.84. The number of carbonyl (C=O) groups is 2. The Bertz CT molecular complexity index is 1160. The molecular formula is C24H31N3O6S. The van der Waals surface area contributed by atoms with Gasteiger partial charge in [-0.15, -0.1) is 0 Å². The summed E-state index contributed by atoms with van der Waals surface area (Å²) < 4.78 is 39.3. The van der Waals surface area contributed by atoms with Crippen molar-refractivity contribution in [3.05, 3.63) is 42.0 Å². The number of rotatable bonds is 9. The van der Waals surface area contributed by atoms with E-state index in [1.807, 2.05) is 0 Å². The average Bonchev–Trinajstić information content (AvgIpc) is 3.24. The van der Waals surface area contributed by atoms with E-state index in [0.717, 1.165) is 11.3 Å². The van der Waals surface area contributed by atoms with Gasteiger partial charge in [-0.2, -0.15) is 4.72 Å². The summed E-state index contributed by atoms with van der Waals surface area (Å²) in [6.07, 6.45) is 0.960. The zero-order chi connectivity index (χ0) is 25.0. The SMILES string of the molecule is CCC(=O)N1CCc2cc(S(=O)(=O)NC(C(=O)Nc3cc(OC)cc(OC)c3)C(C)C)ccc21. The van der Waals surface area contributed by atoms with Gasteiger partial charge >= 0.3 is 0 Å². The van der Waals surface area contributed by atoms with Crippen LogP contribution in [0.2, 0.25) is 0 Å². The largest absolute Gasteiger partial charge is 0.497 e. The summed E-state index contributed by atoms with van der Waals surface area (Å²) in [6, 6.07) is 8.58. The van der Waals surface area contributed by atoms with Gasteiger partial charge in [0.1, 0.15) is 17.5 Å². The molecule has 1 aliphatic heterocycles. The van der Waals surface area contributed by atoms with E-state index in [4.69, 9.17) is 9.47 Å². The van der Waals surface area contributed by atoms with Crippen molar-refractivity contribution in [2.75, 3.05) is 31.0 Å². The highest BCUT2D eigenvalue weighted by molar-refractivity contribution is 7.89. The number of benzene rings is 2. The van der Waals surface area contributed by atoms with Crippen LogP contribution in [0.4, 0.5) is 11.4 Å². The second-order valence-corrected chi connectivity index (χ2v) is 10.1. The van der Waals surface area contributed by atoms with Crippen LogP contribution in [0.5, 0.6) is 11.5 Å². The Morgan fingerprint density at radius 2 is 1.71 bits per heavy atom. The smallest absolute Gasteiger partial charge is 0.242 e. The fourth-order valence-electron chi connectivity index (χ4n) is 3.82. The summed E-state index contributed by atoms with van der Waals surface area (Å²) >= 11 is 0. The van der Waals surface area contributed by atoms with Gasteiger partial charge in [0.05, 0.1) is 19.1 Å². The number of carbonyl (C=O) groups excluding carboxylic acids is 2. The van der Waals surface area contributed by atoms with E-state index >= 15 is 0 Å². The quantitative estimate of drug-likeness (QED) is 0.560. The van der Waals surface area contributed by atoms with Crippen molar-refractivity contribution in [3.8, 4) is 11.5 Å². The molecule has 2 amide bonds. The second-order valence-electron chi connectivity index (χ2n) is 8.37. The van der Waals surface area contributed by atoms with Crippen LogP contribution in [-0.2, 0) is 26.0 Å². The Labute approximate surface area is 200 Å². The topological polar surface area (TPSA) is 114 Å². The van der Waals surface area contributed by atoms with Crippen LogP contribution >= 0.6 is 0 Å². The average molecular weight is 490 g/mol. The van der Waals surface area contributed by atoms with Crippen LogP contribution in [0.3, 0.4) is 0 Å². The van der Waals surface area contributed by atoms with Crippen LogP contribution in [0, 0.1) is 5.92 Å². The number of methoxy groups -OCH3 is 2. The first-order valence-corrected chi connectivity index (χ1v) is 12.6. The highest BCUT2D eigenvalue weighted by atomic mass is 32.2. The number of nitrogens with one attached hydrogen (secondary N) is 2. The second kappa shape index (κ2) is 10.4. The summed E-state index contributed by atoms with van der Waals surface area (Å²) in [5.41, 5.74) is 1.94. The lowest BCUT2D eigenvalue weighted by Crippen LogP contribution is -2.47. The van der Waals surface area contributed by atoms with Gasteiger partial charge in [0.2, 0.25) is 21.8 Å². The van der Waals surface area contributed by atoms with Crippen LogP contribution in [0.1, 0.15) is 32.8 Å². The Balaban J connectivity index is 1.81. The van der Waals surface area contributed by atoms with E-state index < -0.39 is 22.0 Å². The van der Waals surface area contributed by atoms with E-state index in [1.165, 1.54) is 20.3 Å². The van der Waals surface area contributed by atoms with Crippen molar-refractivity contribution in [1.29, 1.82) is 0 Å². The molecule has 34 heavy (non-hydrogen) atoms. The molecule has 1 atom stereocenters. The van der Waals surface area contributed by atoms with Crippen molar-refractivity contribution >= 4 is 33.2 Å². The van der Waals surface area contributed by atoms with E-state index in [1.54, 1.807) is 56.0 Å². The molecule has 0 aliphatic carbocycles. The molecule has 3 rings (SSSR count). The monoisotopic (exact) mass is 489 g/mol. The molecule has 0 saturated heterocycles. The van der Waals surface area contributed by atoms with Crippen molar-refractivity contribution < 1.29 is 27.5 Å². The summed E-state index contributed by atoms with van der Waals surface area (Å²) in [5.74, 6) is 0.150. The van der Waals surface area contributed by atoms with Gasteiger partial charge < -0.3 is 19.7 Å². The molecule has 0 spiro atoms. The zero-order valence-corrected chi connectivity index (χ0v) is 20.9. The molecule has 0 fully saturated rings. The lowest BCUT2D eigenvalue weighted by Gasteiger charge is -2.22. The first-order valence-electron chi connectivity index (χ1n) is 11.1. The Kier molecular flexibility index (Phi) is 7.83. The maximum absolute atomic E-state index is 13.2. The van der Waals surface area contributed by atoms with Crippen molar-refractivity contribution in [2.45, 2.75) is 44.6 Å². The Morgan fingerprint density at radius 1 is 1.06 bits per heavy atom. The van der Waals surface area contributed by atoms with Gasteiger partial charge in [0.25, 0.3) is 0 Å². The summed E-state index contributed by atoms with van der Waals surface area (Å²) in [7, 11) is -0.997. The molecule has 0 saturated carbocycles. The fourth-order valence-corrected chi connectivity index (χ4v) is 5.22. The van der Waals surface area contributed by atoms with Gasteiger partial charge in [-0.25, -0.2) is 8.42 Å². The van der Waals surface area contributed by atoms with Crippen molar-refractivity contribution in [3.63, 3.8) is 0 Å². The minimum absolute atomic E-state index is 0.00167. The van der Waals surface area contributed by atoms with Crippen molar-refractivity contribution in [2.24, 2.45) is 5.92 Å². The Morgan fingerprint density at radius 3 is 2.26 bits per heavy atom. The molecule has 9 nitrogen and oxygen atoms in total. The molecule has 1 aliphatic rings. The first-order chi connectivity index (χ1) is 16.1. The van der Waals surface area contributed by atoms with E-state index in [9.17, 15) is 18.0 Å².